The Morgan fingerprint density at radius 3 is 2.38 bits per heavy atom. The fourth-order valence-corrected chi connectivity index (χ4v) is 2.72. The van der Waals surface area contributed by atoms with Crippen LogP contribution in [0, 0.1) is 11.6 Å². The number of amides is 1. The molecule has 9 heteroatoms. The van der Waals surface area contributed by atoms with Crippen LogP contribution in [0.15, 0.2) is 54.7 Å². The Labute approximate surface area is 174 Å². The summed E-state index contributed by atoms with van der Waals surface area (Å²) in [6, 6.07) is 9.66. The zero-order chi connectivity index (χ0) is 21.0. The zero-order valence-corrected chi connectivity index (χ0v) is 16.1. The smallest absolute Gasteiger partial charge is 0.262 e. The Balaban J connectivity index is 1.77. The number of pyridine rings is 1. The molecule has 1 N–H and O–H groups in total. The molecule has 0 aliphatic heterocycles. The number of aromatic nitrogens is 1. The zero-order valence-electron chi connectivity index (χ0n) is 14.6. The van der Waals surface area contributed by atoms with Crippen LogP contribution >= 0.6 is 23.2 Å². The van der Waals surface area contributed by atoms with Gasteiger partial charge in [-0.1, -0.05) is 23.2 Å². The molecule has 0 atom stereocenters. The molecule has 0 aliphatic carbocycles. The summed E-state index contributed by atoms with van der Waals surface area (Å²) in [5.41, 5.74) is 0.153. The molecule has 3 aromatic rings. The summed E-state index contributed by atoms with van der Waals surface area (Å²) in [5, 5.41) is 3.04. The van der Waals surface area contributed by atoms with Gasteiger partial charge in [-0.2, -0.15) is 0 Å². The van der Waals surface area contributed by atoms with Gasteiger partial charge in [0.1, 0.15) is 22.5 Å². The van der Waals surface area contributed by atoms with Crippen molar-refractivity contribution in [2.24, 2.45) is 0 Å². The first kappa shape index (κ1) is 20.7. The molecule has 0 unspecified atom stereocenters. The number of carbonyl (C=O) groups excluding carboxylic acids is 2. The Hall–Kier alpha value is -3.03. The van der Waals surface area contributed by atoms with Crippen LogP contribution in [0.25, 0.3) is 0 Å². The first-order valence-electron chi connectivity index (χ1n) is 8.16. The normalized spacial score (nSPS) is 10.5. The molecule has 0 saturated carbocycles. The minimum atomic E-state index is -0.895. The van der Waals surface area contributed by atoms with E-state index in [9.17, 15) is 18.4 Å². The van der Waals surface area contributed by atoms with Gasteiger partial charge in [-0.05, 0) is 42.5 Å². The fraction of sp³-hybridized carbons (Fsp3) is 0.0500. The predicted molar refractivity (Wildman–Crippen MR) is 105 cm³/mol. The van der Waals surface area contributed by atoms with Crippen molar-refractivity contribution < 1.29 is 23.1 Å². The fourth-order valence-electron chi connectivity index (χ4n) is 2.44. The first-order chi connectivity index (χ1) is 13.8. The van der Waals surface area contributed by atoms with Crippen LogP contribution < -0.4 is 10.1 Å². The second kappa shape index (κ2) is 8.98. The maximum atomic E-state index is 13.5. The third-order valence-electron chi connectivity index (χ3n) is 3.68. The maximum Gasteiger partial charge on any atom is 0.262 e. The number of hydrogen-bond acceptors (Lipinski definition) is 4. The molecular weight excluding hydrogens is 425 g/mol. The molecule has 148 valence electrons. The van der Waals surface area contributed by atoms with Crippen molar-refractivity contribution in [3.8, 4) is 5.75 Å². The highest BCUT2D eigenvalue weighted by Gasteiger charge is 2.18. The number of nitrogens with one attached hydrogen (secondary N) is 1. The summed E-state index contributed by atoms with van der Waals surface area (Å²) in [5.74, 6) is -2.97. The summed E-state index contributed by atoms with van der Waals surface area (Å²) >= 11 is 11.6. The third kappa shape index (κ3) is 5.49. The Morgan fingerprint density at radius 1 is 1.00 bits per heavy atom. The van der Waals surface area contributed by atoms with Crippen LogP contribution in [0.1, 0.15) is 15.9 Å². The number of nitrogens with zero attached hydrogens (tertiary/aromatic N) is 1. The monoisotopic (exact) mass is 436 g/mol. The number of ketones is 1. The van der Waals surface area contributed by atoms with Crippen molar-refractivity contribution >= 4 is 40.6 Å². The summed E-state index contributed by atoms with van der Waals surface area (Å²) in [6.45, 7) is -0.429. The van der Waals surface area contributed by atoms with Crippen LogP contribution in [-0.2, 0) is 4.79 Å². The molecule has 1 aromatic heterocycles. The molecular formula is C20H12Cl2F2N2O3. The van der Waals surface area contributed by atoms with Crippen molar-refractivity contribution in [2.45, 2.75) is 0 Å². The van der Waals surface area contributed by atoms with Crippen LogP contribution in [0.5, 0.6) is 5.75 Å². The summed E-state index contributed by atoms with van der Waals surface area (Å²) in [4.78, 5) is 28.6. The average Bonchev–Trinajstić information content (AvgIpc) is 2.67. The third-order valence-corrected chi connectivity index (χ3v) is 4.14. The first-order valence-corrected chi connectivity index (χ1v) is 8.92. The molecule has 2 aromatic carbocycles. The van der Waals surface area contributed by atoms with E-state index in [0.29, 0.717) is 11.8 Å². The lowest BCUT2D eigenvalue weighted by atomic mass is 10.0. The Morgan fingerprint density at radius 2 is 1.72 bits per heavy atom. The van der Waals surface area contributed by atoms with Gasteiger partial charge in [-0.25, -0.2) is 13.8 Å². The standard InChI is InChI=1S/C20H12Cl2F2N2O3/c21-12-1-3-17(29-10-19(27)26-15-2-4-18(22)25-9-15)16(7-12)20(28)11-5-13(23)8-14(24)6-11/h1-9H,10H2,(H,26,27). The van der Waals surface area contributed by atoms with Crippen molar-refractivity contribution in [2.75, 3.05) is 11.9 Å². The van der Waals surface area contributed by atoms with E-state index >= 15 is 0 Å². The molecule has 0 saturated heterocycles. The van der Waals surface area contributed by atoms with Crippen LogP contribution in [0.3, 0.4) is 0 Å². The van der Waals surface area contributed by atoms with Gasteiger partial charge in [-0.15, -0.1) is 0 Å². The highest BCUT2D eigenvalue weighted by atomic mass is 35.5. The molecule has 3 rings (SSSR count). The molecule has 0 fully saturated rings. The lowest BCUT2D eigenvalue weighted by Gasteiger charge is -2.12. The minimum Gasteiger partial charge on any atom is -0.483 e. The number of ether oxygens (including phenoxy) is 1. The quantitative estimate of drug-likeness (QED) is 0.440. The van der Waals surface area contributed by atoms with Gasteiger partial charge in [0, 0.05) is 16.7 Å². The Kier molecular flexibility index (Phi) is 6.41. The highest BCUT2D eigenvalue weighted by Crippen LogP contribution is 2.26. The van der Waals surface area contributed by atoms with E-state index in [1.165, 1.54) is 30.5 Å². The van der Waals surface area contributed by atoms with Gasteiger partial charge in [0.05, 0.1) is 17.4 Å². The van der Waals surface area contributed by atoms with E-state index in [1.807, 2.05) is 0 Å². The molecule has 0 radical (unpaired) electrons. The van der Waals surface area contributed by atoms with Gasteiger partial charge >= 0.3 is 0 Å². The van der Waals surface area contributed by atoms with Crippen LogP contribution in [0.4, 0.5) is 14.5 Å². The van der Waals surface area contributed by atoms with Crippen molar-refractivity contribution in [3.05, 3.63) is 87.7 Å². The van der Waals surface area contributed by atoms with E-state index < -0.39 is 29.9 Å². The van der Waals surface area contributed by atoms with Gasteiger partial charge < -0.3 is 10.1 Å². The Bertz CT molecular complexity index is 1060. The molecule has 0 spiro atoms. The topological polar surface area (TPSA) is 68.3 Å². The number of carbonyl (C=O) groups is 2. The summed E-state index contributed by atoms with van der Waals surface area (Å²) in [6.07, 6.45) is 1.37. The molecule has 0 aliphatic rings. The molecule has 29 heavy (non-hydrogen) atoms. The highest BCUT2D eigenvalue weighted by molar-refractivity contribution is 6.31. The largest absolute Gasteiger partial charge is 0.483 e. The number of hydrogen-bond donors (Lipinski definition) is 1. The number of halogens is 4. The molecule has 0 bridgehead atoms. The lowest BCUT2D eigenvalue weighted by molar-refractivity contribution is -0.118. The molecule has 1 heterocycles. The van der Waals surface area contributed by atoms with Crippen molar-refractivity contribution in [1.29, 1.82) is 0 Å². The average molecular weight is 437 g/mol. The number of rotatable bonds is 6. The second-order valence-corrected chi connectivity index (χ2v) is 6.66. The van der Waals surface area contributed by atoms with Gasteiger partial charge in [0.15, 0.2) is 12.4 Å². The second-order valence-electron chi connectivity index (χ2n) is 5.83. The van der Waals surface area contributed by atoms with E-state index in [0.717, 1.165) is 12.1 Å². The molecule has 5 nitrogen and oxygen atoms in total. The van der Waals surface area contributed by atoms with Gasteiger partial charge in [0.25, 0.3) is 5.91 Å². The maximum absolute atomic E-state index is 13.5. The minimum absolute atomic E-state index is 0.0356. The number of benzene rings is 2. The summed E-state index contributed by atoms with van der Waals surface area (Å²) in [7, 11) is 0. The van der Waals surface area contributed by atoms with Gasteiger partial charge in [0.2, 0.25) is 0 Å². The van der Waals surface area contributed by atoms with E-state index in [4.69, 9.17) is 27.9 Å². The lowest BCUT2D eigenvalue weighted by Crippen LogP contribution is -2.21. The van der Waals surface area contributed by atoms with Crippen LogP contribution in [0.2, 0.25) is 10.2 Å². The summed E-state index contributed by atoms with van der Waals surface area (Å²) < 4.78 is 32.3. The SMILES string of the molecule is O=C(COc1ccc(Cl)cc1C(=O)c1cc(F)cc(F)c1)Nc1ccc(Cl)nc1. The predicted octanol–water partition coefficient (Wildman–Crippen LogP) is 4.92. The van der Waals surface area contributed by atoms with Crippen molar-refractivity contribution in [1.82, 2.24) is 4.98 Å². The van der Waals surface area contributed by atoms with E-state index in [-0.39, 0.29) is 27.1 Å². The van der Waals surface area contributed by atoms with E-state index in [2.05, 4.69) is 10.3 Å². The van der Waals surface area contributed by atoms with Crippen molar-refractivity contribution in [3.63, 3.8) is 0 Å². The van der Waals surface area contributed by atoms with E-state index in [1.54, 1.807) is 6.07 Å². The molecule has 1 amide bonds. The van der Waals surface area contributed by atoms with Crippen LogP contribution in [-0.4, -0.2) is 23.3 Å². The number of anilines is 1. The van der Waals surface area contributed by atoms with Gasteiger partial charge in [-0.3, -0.25) is 9.59 Å².